The third-order valence-corrected chi connectivity index (χ3v) is 1.00. The van der Waals surface area contributed by atoms with E-state index < -0.39 is 11.4 Å². The van der Waals surface area contributed by atoms with Crippen LogP contribution >= 0.6 is 0 Å². The molecule has 1 aromatic heterocycles. The average molecular weight is 194 g/mol. The van der Waals surface area contributed by atoms with Crippen molar-refractivity contribution in [2.24, 2.45) is 0 Å². The fourth-order valence-electron chi connectivity index (χ4n) is 0.544. The van der Waals surface area contributed by atoms with Crippen molar-refractivity contribution >= 4 is 0 Å². The molecule has 0 aliphatic rings. The quantitative estimate of drug-likeness (QED) is 0.412. The standard InChI is InChI=1S/C6H4N2O2.Na.2H2O/c7-3-4-1-2-5(9)8-6(4)10;;;/h1-2H,(H2,8,9,10);;2*1H2/q;+1;;/p-1. The van der Waals surface area contributed by atoms with E-state index in [0.29, 0.717) is 0 Å². The number of nitrogens with one attached hydrogen (secondary N) is 1. The van der Waals surface area contributed by atoms with E-state index >= 15 is 0 Å². The molecule has 7 heteroatoms. The molecule has 66 valence electrons. The van der Waals surface area contributed by atoms with Crippen LogP contribution in [-0.2, 0) is 0 Å². The van der Waals surface area contributed by atoms with Gasteiger partial charge in [0.2, 0.25) is 0 Å². The number of nitriles is 1. The zero-order valence-corrected chi connectivity index (χ0v) is 8.92. The van der Waals surface area contributed by atoms with Crippen LogP contribution in [0.1, 0.15) is 5.56 Å². The Balaban J connectivity index is -0.000000333. The Bertz CT molecular complexity index is 343. The second kappa shape index (κ2) is 7.79. The van der Waals surface area contributed by atoms with Gasteiger partial charge in [0.05, 0.1) is 0 Å². The zero-order chi connectivity index (χ0) is 7.56. The summed E-state index contributed by atoms with van der Waals surface area (Å²) in [4.78, 5) is 12.5. The molecule has 0 unspecified atom stereocenters. The van der Waals surface area contributed by atoms with Gasteiger partial charge < -0.3 is 21.0 Å². The number of aromatic nitrogens is 1. The number of rotatable bonds is 0. The molecule has 0 radical (unpaired) electrons. The summed E-state index contributed by atoms with van der Waals surface area (Å²) in [6.07, 6.45) is 0. The van der Waals surface area contributed by atoms with Crippen molar-refractivity contribution in [3.63, 3.8) is 0 Å². The maximum absolute atomic E-state index is 10.6. The van der Waals surface area contributed by atoms with E-state index in [0.717, 1.165) is 6.07 Å². The topological polar surface area (TPSA) is 143 Å². The molecule has 0 saturated heterocycles. The van der Waals surface area contributed by atoms with Crippen molar-refractivity contribution in [3.8, 4) is 11.9 Å². The molecular weight excluding hydrogens is 187 g/mol. The second-order valence-corrected chi connectivity index (χ2v) is 1.68. The van der Waals surface area contributed by atoms with E-state index in [4.69, 9.17) is 5.26 Å². The molecule has 0 saturated carbocycles. The summed E-state index contributed by atoms with van der Waals surface area (Å²) in [5.41, 5.74) is -0.672. The monoisotopic (exact) mass is 194 g/mol. The summed E-state index contributed by atoms with van der Waals surface area (Å²) in [6.45, 7) is 0. The molecule has 0 amide bonds. The van der Waals surface area contributed by atoms with Crippen LogP contribution in [0.15, 0.2) is 16.9 Å². The van der Waals surface area contributed by atoms with E-state index in [1.165, 1.54) is 6.07 Å². The summed E-state index contributed by atoms with van der Waals surface area (Å²) in [5.74, 6) is -0.482. The van der Waals surface area contributed by atoms with Crippen molar-refractivity contribution < 1.29 is 45.6 Å². The molecule has 1 aromatic rings. The number of nitrogens with zero attached hydrogens (tertiary/aromatic N) is 1. The fourth-order valence-corrected chi connectivity index (χ4v) is 0.544. The maximum Gasteiger partial charge on any atom is 1.00 e. The zero-order valence-electron chi connectivity index (χ0n) is 6.92. The minimum absolute atomic E-state index is 0. The van der Waals surface area contributed by atoms with Gasteiger partial charge in [0, 0.05) is 0 Å². The maximum atomic E-state index is 10.6. The van der Waals surface area contributed by atoms with Crippen LogP contribution in [0.5, 0.6) is 5.88 Å². The Labute approximate surface area is 95.7 Å². The van der Waals surface area contributed by atoms with E-state index in [2.05, 4.69) is 0 Å². The molecule has 0 atom stereocenters. The number of hydrogen-bond acceptors (Lipinski definition) is 3. The Hall–Kier alpha value is -0.840. The van der Waals surface area contributed by atoms with Gasteiger partial charge >= 0.3 is 29.6 Å². The summed E-state index contributed by atoms with van der Waals surface area (Å²) < 4.78 is 0. The molecule has 13 heavy (non-hydrogen) atoms. The molecule has 0 spiro atoms. The van der Waals surface area contributed by atoms with Crippen LogP contribution in [0.25, 0.3) is 0 Å². The fraction of sp³-hybridized carbons (Fsp3) is 0. The number of aromatic amines is 1. The van der Waals surface area contributed by atoms with Gasteiger partial charge in [-0.15, -0.1) is 0 Å². The molecule has 0 aliphatic carbocycles. The molecule has 0 fully saturated rings. The van der Waals surface area contributed by atoms with Gasteiger partial charge in [0.1, 0.15) is 11.6 Å². The number of H-pyrrole nitrogens is 1. The molecule has 0 aromatic carbocycles. The predicted octanol–water partition coefficient (Wildman–Crippen LogP) is -5.33. The van der Waals surface area contributed by atoms with Crippen molar-refractivity contribution in [1.82, 2.24) is 4.98 Å². The Morgan fingerprint density at radius 2 is 1.92 bits per heavy atom. The average Bonchev–Trinajstić information content (AvgIpc) is 1.88. The summed E-state index contributed by atoms with van der Waals surface area (Å²) >= 11 is 0. The van der Waals surface area contributed by atoms with Gasteiger partial charge in [0.25, 0.3) is 5.56 Å². The smallest absolute Gasteiger partial charge is 0.860 e. The van der Waals surface area contributed by atoms with Gasteiger partial charge in [0.15, 0.2) is 0 Å². The summed E-state index contributed by atoms with van der Waals surface area (Å²) in [5, 5.41) is 18.6. The predicted molar refractivity (Wildman–Crippen MR) is 38.5 cm³/mol. The van der Waals surface area contributed by atoms with Crippen molar-refractivity contribution in [2.45, 2.75) is 0 Å². The Kier molecular flexibility index (Phi) is 10.8. The first-order valence-electron chi connectivity index (χ1n) is 2.54. The molecule has 5 N–H and O–H groups in total. The van der Waals surface area contributed by atoms with Gasteiger partial charge in [-0.05, 0) is 11.9 Å². The van der Waals surface area contributed by atoms with Gasteiger partial charge in [-0.3, -0.25) is 4.79 Å². The molecule has 0 aliphatic heterocycles. The number of pyridine rings is 1. The molecule has 6 nitrogen and oxygen atoms in total. The molecule has 0 bridgehead atoms. The van der Waals surface area contributed by atoms with Crippen LogP contribution < -0.4 is 40.2 Å². The Morgan fingerprint density at radius 3 is 2.31 bits per heavy atom. The molecule has 1 rings (SSSR count). The first kappa shape index (κ1) is 18.0. The van der Waals surface area contributed by atoms with Crippen molar-refractivity contribution in [1.29, 1.82) is 5.26 Å². The minimum atomic E-state index is -0.630. The largest absolute Gasteiger partial charge is 1.00 e. The first-order chi connectivity index (χ1) is 4.74. The summed E-state index contributed by atoms with van der Waals surface area (Å²) in [7, 11) is 0. The van der Waals surface area contributed by atoms with Crippen molar-refractivity contribution in [2.75, 3.05) is 0 Å². The van der Waals surface area contributed by atoms with E-state index in [-0.39, 0.29) is 46.1 Å². The number of hydrogen-bond donors (Lipinski definition) is 1. The van der Waals surface area contributed by atoms with Crippen LogP contribution in [0.4, 0.5) is 0 Å². The SMILES string of the molecule is N#Cc1ccc([O-])[nH]c1=O.O.O.[Na+]. The van der Waals surface area contributed by atoms with Gasteiger partial charge in [-0.1, -0.05) is 6.07 Å². The van der Waals surface area contributed by atoms with Crippen LogP contribution in [0, 0.1) is 11.3 Å². The minimum Gasteiger partial charge on any atom is -0.860 e. The Morgan fingerprint density at radius 1 is 1.38 bits per heavy atom. The van der Waals surface area contributed by atoms with Crippen LogP contribution in [0.3, 0.4) is 0 Å². The second-order valence-electron chi connectivity index (χ2n) is 1.68. The van der Waals surface area contributed by atoms with Crippen LogP contribution in [0.2, 0.25) is 0 Å². The molecule has 1 heterocycles. The van der Waals surface area contributed by atoms with Gasteiger partial charge in [-0.2, -0.15) is 5.26 Å². The third kappa shape index (κ3) is 4.67. The van der Waals surface area contributed by atoms with E-state index in [9.17, 15) is 9.90 Å². The molecular formula is C6H7N2NaO4. The first-order valence-corrected chi connectivity index (χ1v) is 2.54. The van der Waals surface area contributed by atoms with Gasteiger partial charge in [-0.25, -0.2) is 0 Å². The summed E-state index contributed by atoms with van der Waals surface area (Å²) in [6, 6.07) is 3.97. The van der Waals surface area contributed by atoms with Crippen LogP contribution in [-0.4, -0.2) is 15.9 Å². The van der Waals surface area contributed by atoms with E-state index in [1.54, 1.807) is 6.07 Å². The van der Waals surface area contributed by atoms with E-state index in [1.807, 2.05) is 4.98 Å². The third-order valence-electron chi connectivity index (χ3n) is 1.00. The normalized spacial score (nSPS) is 6.69. The van der Waals surface area contributed by atoms with Crippen molar-refractivity contribution in [3.05, 3.63) is 28.0 Å².